The number of piperazine rings is 1. The van der Waals surface area contributed by atoms with E-state index in [1.165, 1.54) is 9.80 Å². The van der Waals surface area contributed by atoms with Crippen molar-refractivity contribution in [3.05, 3.63) is 0 Å². The third-order valence-corrected chi connectivity index (χ3v) is 3.06. The number of hydrogen-bond donors (Lipinski definition) is 1. The largest absolute Gasteiger partial charge is 0.480 e. The predicted octanol–water partition coefficient (Wildman–Crippen LogP) is 0.175. The van der Waals surface area contributed by atoms with Gasteiger partial charge in [0.25, 0.3) is 0 Å². The molecule has 1 aliphatic heterocycles. The van der Waals surface area contributed by atoms with Crippen LogP contribution >= 0.6 is 0 Å². The number of carboxylic acids is 1. The third kappa shape index (κ3) is 2.80. The Balaban J connectivity index is 3.03. The zero-order valence-electron chi connectivity index (χ0n) is 11.2. The van der Waals surface area contributed by atoms with Crippen LogP contribution in [0.15, 0.2) is 0 Å². The molecular weight excluding hydrogens is 236 g/mol. The van der Waals surface area contributed by atoms with Gasteiger partial charge in [-0.2, -0.15) is 0 Å². The monoisotopic (exact) mass is 256 g/mol. The zero-order valence-corrected chi connectivity index (χ0v) is 11.2. The first-order valence-electron chi connectivity index (χ1n) is 6.07. The molecule has 1 atom stereocenters. The van der Waals surface area contributed by atoms with E-state index in [0.717, 1.165) is 0 Å². The van der Waals surface area contributed by atoms with E-state index in [1.807, 2.05) is 27.7 Å². The first-order chi connectivity index (χ1) is 8.25. The fourth-order valence-corrected chi connectivity index (χ4v) is 2.19. The van der Waals surface area contributed by atoms with Crippen molar-refractivity contribution < 1.29 is 19.5 Å². The summed E-state index contributed by atoms with van der Waals surface area (Å²) in [7, 11) is 0. The van der Waals surface area contributed by atoms with Gasteiger partial charge in [0.1, 0.15) is 19.1 Å². The highest BCUT2D eigenvalue weighted by molar-refractivity contribution is 5.96. The molecule has 0 radical (unpaired) electrons. The molecule has 0 aromatic rings. The summed E-state index contributed by atoms with van der Waals surface area (Å²) in [5.74, 6) is -1.67. The lowest BCUT2D eigenvalue weighted by Gasteiger charge is -2.42. The Bertz CT molecular complexity index is 365. The lowest BCUT2D eigenvalue weighted by Crippen LogP contribution is -2.63. The fourth-order valence-electron chi connectivity index (χ4n) is 2.19. The molecule has 1 N–H and O–H groups in total. The van der Waals surface area contributed by atoms with Gasteiger partial charge >= 0.3 is 5.97 Å². The molecule has 1 saturated heterocycles. The van der Waals surface area contributed by atoms with Crippen molar-refractivity contribution >= 4 is 17.8 Å². The van der Waals surface area contributed by atoms with Crippen LogP contribution in [0, 0.1) is 5.92 Å². The summed E-state index contributed by atoms with van der Waals surface area (Å²) in [6.45, 7) is 6.86. The highest BCUT2D eigenvalue weighted by atomic mass is 16.4. The van der Waals surface area contributed by atoms with Crippen LogP contribution in [-0.4, -0.2) is 57.9 Å². The normalized spacial score (nSPS) is 21.1. The second-order valence-corrected chi connectivity index (χ2v) is 5.16. The average Bonchev–Trinajstić information content (AvgIpc) is 2.21. The minimum absolute atomic E-state index is 0.0347. The van der Waals surface area contributed by atoms with E-state index in [9.17, 15) is 14.4 Å². The number of aliphatic carboxylic acids is 1. The summed E-state index contributed by atoms with van der Waals surface area (Å²) >= 11 is 0. The number of carboxylic acid groups (broad SMARTS) is 1. The van der Waals surface area contributed by atoms with Crippen LogP contribution in [0.25, 0.3) is 0 Å². The molecule has 6 heteroatoms. The van der Waals surface area contributed by atoms with Gasteiger partial charge in [0.15, 0.2) is 0 Å². The summed E-state index contributed by atoms with van der Waals surface area (Å²) < 4.78 is 0. The van der Waals surface area contributed by atoms with Crippen LogP contribution < -0.4 is 0 Å². The average molecular weight is 256 g/mol. The van der Waals surface area contributed by atoms with Gasteiger partial charge < -0.3 is 14.9 Å². The molecule has 0 aliphatic carbocycles. The third-order valence-electron chi connectivity index (χ3n) is 3.06. The maximum Gasteiger partial charge on any atom is 0.323 e. The van der Waals surface area contributed by atoms with Gasteiger partial charge in [-0.3, -0.25) is 14.4 Å². The van der Waals surface area contributed by atoms with Crippen molar-refractivity contribution in [3.8, 4) is 0 Å². The van der Waals surface area contributed by atoms with Crippen molar-refractivity contribution in [2.24, 2.45) is 5.92 Å². The van der Waals surface area contributed by atoms with Gasteiger partial charge in [-0.05, 0) is 19.8 Å². The van der Waals surface area contributed by atoms with Gasteiger partial charge in [0, 0.05) is 6.04 Å². The van der Waals surface area contributed by atoms with E-state index in [-0.39, 0.29) is 30.3 Å². The van der Waals surface area contributed by atoms with E-state index in [0.29, 0.717) is 0 Å². The molecule has 0 spiro atoms. The molecule has 0 aromatic carbocycles. The topological polar surface area (TPSA) is 77.9 Å². The number of rotatable bonds is 4. The molecular formula is C12H20N2O4. The summed E-state index contributed by atoms with van der Waals surface area (Å²) in [5, 5.41) is 8.83. The van der Waals surface area contributed by atoms with E-state index in [1.54, 1.807) is 0 Å². The Morgan fingerprint density at radius 1 is 1.33 bits per heavy atom. The Kier molecular flexibility index (Phi) is 4.32. The van der Waals surface area contributed by atoms with Crippen molar-refractivity contribution in [3.63, 3.8) is 0 Å². The molecule has 0 aromatic heterocycles. The summed E-state index contributed by atoms with van der Waals surface area (Å²) in [5.41, 5.74) is 0. The molecule has 6 nitrogen and oxygen atoms in total. The van der Waals surface area contributed by atoms with E-state index in [4.69, 9.17) is 5.11 Å². The maximum absolute atomic E-state index is 12.3. The van der Waals surface area contributed by atoms with E-state index < -0.39 is 18.6 Å². The SMILES string of the molecule is CC(C)C1C(=O)N(C(C)C)CC(=O)N1CC(=O)O. The lowest BCUT2D eigenvalue weighted by molar-refractivity contribution is -0.162. The minimum Gasteiger partial charge on any atom is -0.480 e. The highest BCUT2D eigenvalue weighted by Crippen LogP contribution is 2.20. The summed E-state index contributed by atoms with van der Waals surface area (Å²) in [6.07, 6.45) is 0. The van der Waals surface area contributed by atoms with Gasteiger partial charge in [0.2, 0.25) is 11.8 Å². The van der Waals surface area contributed by atoms with Crippen molar-refractivity contribution in [2.45, 2.75) is 39.8 Å². The maximum atomic E-state index is 12.3. The number of carbonyl (C=O) groups excluding carboxylic acids is 2. The van der Waals surface area contributed by atoms with Crippen molar-refractivity contribution in [1.29, 1.82) is 0 Å². The Morgan fingerprint density at radius 2 is 1.89 bits per heavy atom. The van der Waals surface area contributed by atoms with Gasteiger partial charge in [-0.15, -0.1) is 0 Å². The molecule has 18 heavy (non-hydrogen) atoms. The quantitative estimate of drug-likeness (QED) is 0.778. The van der Waals surface area contributed by atoms with Crippen molar-refractivity contribution in [2.75, 3.05) is 13.1 Å². The molecule has 102 valence electrons. The Morgan fingerprint density at radius 3 is 2.28 bits per heavy atom. The second kappa shape index (κ2) is 5.37. The van der Waals surface area contributed by atoms with E-state index >= 15 is 0 Å². The molecule has 1 rings (SSSR count). The summed E-state index contributed by atoms with van der Waals surface area (Å²) in [6, 6.07) is -0.737. The molecule has 1 aliphatic rings. The van der Waals surface area contributed by atoms with Crippen LogP contribution in [0.5, 0.6) is 0 Å². The van der Waals surface area contributed by atoms with E-state index in [2.05, 4.69) is 0 Å². The Labute approximate surface area is 107 Å². The number of carbonyl (C=O) groups is 3. The van der Waals surface area contributed by atoms with Crippen LogP contribution in [0.2, 0.25) is 0 Å². The molecule has 1 heterocycles. The van der Waals surface area contributed by atoms with Crippen LogP contribution in [0.1, 0.15) is 27.7 Å². The molecule has 2 amide bonds. The number of amides is 2. The van der Waals surface area contributed by atoms with Gasteiger partial charge in [0.05, 0.1) is 0 Å². The molecule has 0 saturated carbocycles. The van der Waals surface area contributed by atoms with Crippen LogP contribution in [-0.2, 0) is 14.4 Å². The highest BCUT2D eigenvalue weighted by Gasteiger charge is 2.42. The van der Waals surface area contributed by atoms with Gasteiger partial charge in [-0.25, -0.2) is 0 Å². The van der Waals surface area contributed by atoms with Crippen LogP contribution in [0.4, 0.5) is 0 Å². The van der Waals surface area contributed by atoms with Gasteiger partial charge in [-0.1, -0.05) is 13.8 Å². The number of nitrogens with zero attached hydrogens (tertiary/aromatic N) is 2. The zero-order chi connectivity index (χ0) is 14.0. The number of hydrogen-bond acceptors (Lipinski definition) is 3. The first-order valence-corrected chi connectivity index (χ1v) is 6.07. The van der Waals surface area contributed by atoms with Crippen molar-refractivity contribution in [1.82, 2.24) is 9.80 Å². The van der Waals surface area contributed by atoms with Crippen LogP contribution in [0.3, 0.4) is 0 Å². The smallest absolute Gasteiger partial charge is 0.323 e. The minimum atomic E-state index is -1.10. The lowest BCUT2D eigenvalue weighted by atomic mass is 9.97. The predicted molar refractivity (Wildman–Crippen MR) is 64.8 cm³/mol. The molecule has 0 bridgehead atoms. The summed E-state index contributed by atoms with van der Waals surface area (Å²) in [4.78, 5) is 37.7. The second-order valence-electron chi connectivity index (χ2n) is 5.16. The Hall–Kier alpha value is -1.59. The standard InChI is InChI=1S/C12H20N2O4/c1-7(2)11-12(18)13(8(3)4)5-9(15)14(11)6-10(16)17/h7-8,11H,5-6H2,1-4H3,(H,16,17). The first kappa shape index (κ1) is 14.5. The fraction of sp³-hybridized carbons (Fsp3) is 0.750. The molecule has 1 unspecified atom stereocenters. The molecule has 1 fully saturated rings.